The summed E-state index contributed by atoms with van der Waals surface area (Å²) in [6.45, 7) is 5.60. The van der Waals surface area contributed by atoms with Gasteiger partial charge < -0.3 is 10.4 Å². The van der Waals surface area contributed by atoms with Gasteiger partial charge in [0.1, 0.15) is 6.04 Å². The van der Waals surface area contributed by atoms with Crippen LogP contribution in [0.3, 0.4) is 0 Å². The molecule has 1 aromatic heterocycles. The van der Waals surface area contributed by atoms with Crippen molar-refractivity contribution < 1.29 is 9.95 Å². The maximum atomic E-state index is 12.9. The summed E-state index contributed by atoms with van der Waals surface area (Å²) in [5.74, 6) is 0. The minimum atomic E-state index is -1.10. The molecular weight excluding hydrogens is 284 g/mol. The zero-order valence-electron chi connectivity index (χ0n) is 12.3. The van der Waals surface area contributed by atoms with Crippen LogP contribution in [0.15, 0.2) is 41.8 Å². The average Bonchev–Trinajstić information content (AvgIpc) is 3.04. The second-order valence-electron chi connectivity index (χ2n) is 5.56. The molecule has 0 saturated heterocycles. The summed E-state index contributed by atoms with van der Waals surface area (Å²) >= 11 is 1.51. The van der Waals surface area contributed by atoms with Gasteiger partial charge in [0, 0.05) is 12.5 Å². The third-order valence-electron chi connectivity index (χ3n) is 4.20. The minimum Gasteiger partial charge on any atom is -0.622 e. The Balaban J connectivity index is 2.16. The quantitative estimate of drug-likeness (QED) is 0.684. The van der Waals surface area contributed by atoms with Crippen LogP contribution in [0.5, 0.6) is 0 Å². The Kier molecular flexibility index (Phi) is 3.36. The smallest absolute Gasteiger partial charge is 0.274 e. The van der Waals surface area contributed by atoms with E-state index in [4.69, 9.17) is 0 Å². The summed E-state index contributed by atoms with van der Waals surface area (Å²) in [5, 5.41) is 26.6. The van der Waals surface area contributed by atoms with Crippen molar-refractivity contribution in [3.63, 3.8) is 0 Å². The molecule has 0 spiro atoms. The zero-order chi connectivity index (χ0) is 15.2. The number of hydrogen-bond acceptors (Lipinski definition) is 4. The molecule has 1 N–H and O–H groups in total. The van der Waals surface area contributed by atoms with Crippen molar-refractivity contribution in [2.24, 2.45) is 0 Å². The normalized spacial score (nSPS) is 26.6. The number of hydrogen-bond donors (Lipinski definition) is 1. The molecule has 1 aliphatic heterocycles. The van der Waals surface area contributed by atoms with Gasteiger partial charge in [0.15, 0.2) is 0 Å². The van der Waals surface area contributed by atoms with Crippen LogP contribution in [-0.2, 0) is 5.66 Å². The summed E-state index contributed by atoms with van der Waals surface area (Å²) in [6, 6.07) is 11.2. The van der Waals surface area contributed by atoms with Crippen LogP contribution in [0, 0.1) is 12.1 Å². The number of rotatable bonds is 2. The molecule has 2 atom stereocenters. The fraction of sp³-hybridized carbons (Fsp3) is 0.312. The van der Waals surface area contributed by atoms with Crippen LogP contribution in [0.25, 0.3) is 0 Å². The molecule has 2 aromatic rings. The van der Waals surface area contributed by atoms with Crippen molar-refractivity contribution in [3.8, 4) is 0 Å². The predicted molar refractivity (Wildman–Crippen MR) is 83.7 cm³/mol. The van der Waals surface area contributed by atoms with Crippen LogP contribution >= 0.6 is 11.3 Å². The van der Waals surface area contributed by atoms with Crippen molar-refractivity contribution >= 4 is 17.0 Å². The molecule has 2 heterocycles. The number of thiophene rings is 1. The van der Waals surface area contributed by atoms with Gasteiger partial charge in [-0.25, -0.2) is 0 Å². The molecule has 4 nitrogen and oxygen atoms in total. The van der Waals surface area contributed by atoms with Gasteiger partial charge in [0.05, 0.1) is 4.88 Å². The second-order valence-corrected chi connectivity index (χ2v) is 6.51. The lowest BCUT2D eigenvalue weighted by atomic mass is 10.0. The molecule has 21 heavy (non-hydrogen) atoms. The standard InChI is InChI=1S/C16H18N2O2S/c1-11-6-8-13(9-7-11)16(3)17(19)12(2)15(18(16)20)14-5-4-10-21-14/h4-10,12,19H,1-3H3/t12-,16-/m1/s1. The van der Waals surface area contributed by atoms with Crippen LogP contribution in [0.1, 0.15) is 29.9 Å². The van der Waals surface area contributed by atoms with Gasteiger partial charge >= 0.3 is 0 Å². The molecule has 0 unspecified atom stereocenters. The number of hydroxylamine groups is 3. The fourth-order valence-corrected chi connectivity index (χ4v) is 3.67. The number of benzene rings is 1. The summed E-state index contributed by atoms with van der Waals surface area (Å²) in [7, 11) is 0. The summed E-state index contributed by atoms with van der Waals surface area (Å²) in [6.07, 6.45) is 0. The highest BCUT2D eigenvalue weighted by molar-refractivity contribution is 7.12. The fourth-order valence-electron chi connectivity index (χ4n) is 2.84. The van der Waals surface area contributed by atoms with Crippen molar-refractivity contribution in [2.75, 3.05) is 0 Å². The molecule has 1 aliphatic rings. The Morgan fingerprint density at radius 2 is 1.95 bits per heavy atom. The second kappa shape index (κ2) is 4.94. The molecule has 0 bridgehead atoms. The first-order valence-electron chi connectivity index (χ1n) is 6.89. The molecule has 0 amide bonds. The molecule has 1 aromatic carbocycles. The maximum absolute atomic E-state index is 12.9. The minimum absolute atomic E-state index is 0.354. The van der Waals surface area contributed by atoms with Gasteiger partial charge in [-0.2, -0.15) is 4.74 Å². The molecule has 5 heteroatoms. The molecule has 110 valence electrons. The van der Waals surface area contributed by atoms with E-state index in [2.05, 4.69) is 0 Å². The molecule has 3 rings (SSSR count). The van der Waals surface area contributed by atoms with Gasteiger partial charge in [-0.3, -0.25) is 0 Å². The Hall–Kier alpha value is -1.69. The summed E-state index contributed by atoms with van der Waals surface area (Å²) in [5.41, 5.74) is 1.41. The molecule has 0 saturated carbocycles. The third kappa shape index (κ3) is 2.00. The van der Waals surface area contributed by atoms with Gasteiger partial charge in [-0.15, -0.1) is 16.4 Å². The SMILES string of the molecule is Cc1ccc([C@]2(C)N(O)[C@H](C)C(c3cccs3)=[N+]2[O-])cc1. The molecular formula is C16H18N2O2S. The van der Waals surface area contributed by atoms with Crippen LogP contribution in [-0.4, -0.2) is 26.8 Å². The predicted octanol–water partition coefficient (Wildman–Crippen LogP) is 3.32. The molecule has 0 radical (unpaired) electrons. The van der Waals surface area contributed by atoms with Gasteiger partial charge in [-0.05, 0) is 25.3 Å². The van der Waals surface area contributed by atoms with Crippen LogP contribution < -0.4 is 0 Å². The van der Waals surface area contributed by atoms with Crippen LogP contribution in [0.4, 0.5) is 0 Å². The van der Waals surface area contributed by atoms with Crippen LogP contribution in [0.2, 0.25) is 0 Å². The van der Waals surface area contributed by atoms with E-state index in [-0.39, 0.29) is 6.04 Å². The Labute approximate surface area is 128 Å². The molecule has 0 aliphatic carbocycles. The first-order chi connectivity index (χ1) is 9.96. The zero-order valence-corrected chi connectivity index (χ0v) is 13.1. The van der Waals surface area contributed by atoms with E-state index in [1.807, 2.05) is 55.6 Å². The van der Waals surface area contributed by atoms with E-state index < -0.39 is 5.66 Å². The van der Waals surface area contributed by atoms with Gasteiger partial charge in [-0.1, -0.05) is 35.9 Å². The van der Waals surface area contributed by atoms with Crippen molar-refractivity contribution in [1.82, 2.24) is 5.06 Å². The van der Waals surface area contributed by atoms with E-state index in [1.165, 1.54) is 11.3 Å². The first kappa shape index (κ1) is 14.3. The summed E-state index contributed by atoms with van der Waals surface area (Å²) in [4.78, 5) is 0.896. The Bertz CT molecular complexity index is 679. The maximum Gasteiger partial charge on any atom is 0.274 e. The van der Waals surface area contributed by atoms with Gasteiger partial charge in [0.25, 0.3) is 5.66 Å². The third-order valence-corrected chi connectivity index (χ3v) is 5.09. The largest absolute Gasteiger partial charge is 0.622 e. The molecule has 0 fully saturated rings. The van der Waals surface area contributed by atoms with E-state index in [0.717, 1.165) is 25.8 Å². The topological polar surface area (TPSA) is 49.5 Å². The Morgan fingerprint density at radius 3 is 2.52 bits per heavy atom. The highest BCUT2D eigenvalue weighted by Crippen LogP contribution is 2.37. The first-order valence-corrected chi connectivity index (χ1v) is 7.77. The van der Waals surface area contributed by atoms with Crippen molar-refractivity contribution in [3.05, 3.63) is 63.0 Å². The number of aryl methyl sites for hydroxylation is 1. The van der Waals surface area contributed by atoms with E-state index in [1.54, 1.807) is 6.92 Å². The average molecular weight is 302 g/mol. The van der Waals surface area contributed by atoms with E-state index >= 15 is 0 Å². The van der Waals surface area contributed by atoms with E-state index in [0.29, 0.717) is 5.71 Å². The summed E-state index contributed by atoms with van der Waals surface area (Å²) < 4.78 is 0.939. The van der Waals surface area contributed by atoms with Crippen molar-refractivity contribution in [2.45, 2.75) is 32.5 Å². The lowest BCUT2D eigenvalue weighted by Gasteiger charge is -2.29. The highest BCUT2D eigenvalue weighted by Gasteiger charge is 2.54. The number of nitrogens with zero attached hydrogens (tertiary/aromatic N) is 2. The van der Waals surface area contributed by atoms with Crippen molar-refractivity contribution in [1.29, 1.82) is 0 Å². The van der Waals surface area contributed by atoms with Gasteiger partial charge in [0.2, 0.25) is 5.71 Å². The monoisotopic (exact) mass is 302 g/mol. The lowest BCUT2D eigenvalue weighted by molar-refractivity contribution is -0.595. The van der Waals surface area contributed by atoms with E-state index in [9.17, 15) is 10.4 Å². The lowest BCUT2D eigenvalue weighted by Crippen LogP contribution is -2.45. The Morgan fingerprint density at radius 1 is 1.29 bits per heavy atom. The highest BCUT2D eigenvalue weighted by atomic mass is 32.1.